The lowest BCUT2D eigenvalue weighted by atomic mass is 10.1. The molecule has 5 heteroatoms. The SMILES string of the molecule is COC(CCl)c1cccc([N+](=O)[O-])c1. The summed E-state index contributed by atoms with van der Waals surface area (Å²) in [5, 5.41) is 10.5. The summed E-state index contributed by atoms with van der Waals surface area (Å²) in [6.07, 6.45) is -0.295. The van der Waals surface area contributed by atoms with E-state index in [1.54, 1.807) is 12.1 Å². The van der Waals surface area contributed by atoms with E-state index in [9.17, 15) is 10.1 Å². The topological polar surface area (TPSA) is 52.4 Å². The lowest BCUT2D eigenvalue weighted by Gasteiger charge is -2.11. The molecule has 14 heavy (non-hydrogen) atoms. The number of nitrogens with zero attached hydrogens (tertiary/aromatic N) is 1. The summed E-state index contributed by atoms with van der Waals surface area (Å²) in [7, 11) is 1.52. The molecule has 1 aromatic carbocycles. The maximum atomic E-state index is 10.5. The van der Waals surface area contributed by atoms with Crippen molar-refractivity contribution in [2.45, 2.75) is 6.10 Å². The Morgan fingerprint density at radius 2 is 2.36 bits per heavy atom. The van der Waals surface area contributed by atoms with Crippen molar-refractivity contribution in [3.8, 4) is 0 Å². The Morgan fingerprint density at radius 3 is 2.86 bits per heavy atom. The molecule has 0 heterocycles. The van der Waals surface area contributed by atoms with Crippen molar-refractivity contribution >= 4 is 17.3 Å². The molecule has 0 aliphatic rings. The van der Waals surface area contributed by atoms with Crippen molar-refractivity contribution in [2.75, 3.05) is 13.0 Å². The molecule has 0 bridgehead atoms. The molecule has 0 saturated heterocycles. The van der Waals surface area contributed by atoms with Gasteiger partial charge in [-0.05, 0) is 5.56 Å². The van der Waals surface area contributed by atoms with Crippen LogP contribution in [0, 0.1) is 10.1 Å². The third-order valence-corrected chi connectivity index (χ3v) is 2.16. The zero-order valence-electron chi connectivity index (χ0n) is 7.64. The predicted octanol–water partition coefficient (Wildman–Crippen LogP) is 2.52. The quantitative estimate of drug-likeness (QED) is 0.441. The van der Waals surface area contributed by atoms with E-state index in [4.69, 9.17) is 16.3 Å². The maximum Gasteiger partial charge on any atom is 0.269 e. The van der Waals surface area contributed by atoms with E-state index in [2.05, 4.69) is 0 Å². The summed E-state index contributed by atoms with van der Waals surface area (Å²) < 4.78 is 5.07. The monoisotopic (exact) mass is 215 g/mol. The maximum absolute atomic E-state index is 10.5. The molecule has 1 atom stereocenters. The van der Waals surface area contributed by atoms with Gasteiger partial charge in [-0.25, -0.2) is 0 Å². The highest BCUT2D eigenvalue weighted by Crippen LogP contribution is 2.22. The number of nitro groups is 1. The summed E-state index contributed by atoms with van der Waals surface area (Å²) >= 11 is 5.64. The molecule has 0 N–H and O–H groups in total. The molecule has 0 aliphatic heterocycles. The Morgan fingerprint density at radius 1 is 1.64 bits per heavy atom. The standard InChI is InChI=1S/C9H10ClNO3/c1-14-9(6-10)7-3-2-4-8(5-7)11(12)13/h2-5,9H,6H2,1H3. The molecule has 0 aromatic heterocycles. The van der Waals surface area contributed by atoms with Crippen LogP contribution in [0.15, 0.2) is 24.3 Å². The number of nitro benzene ring substituents is 1. The van der Waals surface area contributed by atoms with Gasteiger partial charge in [-0.1, -0.05) is 12.1 Å². The number of alkyl halides is 1. The summed E-state index contributed by atoms with van der Waals surface area (Å²) in [5.74, 6) is 0.275. The Bertz CT molecular complexity index is 326. The van der Waals surface area contributed by atoms with E-state index >= 15 is 0 Å². The van der Waals surface area contributed by atoms with Gasteiger partial charge in [-0.15, -0.1) is 11.6 Å². The Kier molecular flexibility index (Phi) is 3.85. The molecule has 0 fully saturated rings. The molecule has 76 valence electrons. The number of rotatable bonds is 4. The van der Waals surface area contributed by atoms with Crippen molar-refractivity contribution in [2.24, 2.45) is 0 Å². The molecule has 1 rings (SSSR count). The summed E-state index contributed by atoms with van der Waals surface area (Å²) in [4.78, 5) is 10.0. The van der Waals surface area contributed by atoms with Gasteiger partial charge in [0.25, 0.3) is 5.69 Å². The van der Waals surface area contributed by atoms with Gasteiger partial charge in [0.1, 0.15) is 0 Å². The van der Waals surface area contributed by atoms with Crippen LogP contribution in [0.3, 0.4) is 0 Å². The van der Waals surface area contributed by atoms with Crippen LogP contribution in [0.2, 0.25) is 0 Å². The van der Waals surface area contributed by atoms with Crippen LogP contribution < -0.4 is 0 Å². The molecule has 0 spiro atoms. The fourth-order valence-corrected chi connectivity index (χ4v) is 1.43. The summed E-state index contributed by atoms with van der Waals surface area (Å²) in [6.45, 7) is 0. The highest BCUT2D eigenvalue weighted by molar-refractivity contribution is 6.18. The summed E-state index contributed by atoms with van der Waals surface area (Å²) in [6, 6.07) is 6.27. The highest BCUT2D eigenvalue weighted by Gasteiger charge is 2.12. The summed E-state index contributed by atoms with van der Waals surface area (Å²) in [5.41, 5.74) is 0.770. The number of hydrogen-bond donors (Lipinski definition) is 0. The molecule has 0 amide bonds. The number of halogens is 1. The largest absolute Gasteiger partial charge is 0.376 e. The first-order valence-electron chi connectivity index (χ1n) is 4.02. The van der Waals surface area contributed by atoms with Gasteiger partial charge >= 0.3 is 0 Å². The average molecular weight is 216 g/mol. The van der Waals surface area contributed by atoms with Gasteiger partial charge in [0, 0.05) is 19.2 Å². The van der Waals surface area contributed by atoms with Gasteiger partial charge in [-0.3, -0.25) is 10.1 Å². The smallest absolute Gasteiger partial charge is 0.269 e. The minimum atomic E-state index is -0.440. The first kappa shape index (κ1) is 10.9. The van der Waals surface area contributed by atoms with Gasteiger partial charge in [-0.2, -0.15) is 0 Å². The molecule has 0 aliphatic carbocycles. The first-order valence-corrected chi connectivity index (χ1v) is 4.55. The van der Waals surface area contributed by atoms with Gasteiger partial charge in [0.15, 0.2) is 0 Å². The second-order valence-electron chi connectivity index (χ2n) is 2.73. The molecular formula is C9H10ClNO3. The molecule has 0 saturated carbocycles. The fraction of sp³-hybridized carbons (Fsp3) is 0.333. The number of benzene rings is 1. The lowest BCUT2D eigenvalue weighted by Crippen LogP contribution is -2.03. The Labute approximate surface area is 86.6 Å². The molecule has 4 nitrogen and oxygen atoms in total. The third kappa shape index (κ3) is 2.43. The Balaban J connectivity index is 2.98. The zero-order chi connectivity index (χ0) is 10.6. The molecule has 0 radical (unpaired) electrons. The van der Waals surface area contributed by atoms with Crippen LogP contribution in [-0.2, 0) is 4.74 Å². The normalized spacial score (nSPS) is 12.4. The van der Waals surface area contributed by atoms with Crippen LogP contribution in [0.25, 0.3) is 0 Å². The molecular weight excluding hydrogens is 206 g/mol. The zero-order valence-corrected chi connectivity index (χ0v) is 8.40. The van der Waals surface area contributed by atoms with Crippen LogP contribution >= 0.6 is 11.6 Å². The Hall–Kier alpha value is -1.13. The van der Waals surface area contributed by atoms with Crippen LogP contribution in [0.5, 0.6) is 0 Å². The van der Waals surface area contributed by atoms with E-state index < -0.39 is 4.92 Å². The van der Waals surface area contributed by atoms with Crippen molar-refractivity contribution in [3.05, 3.63) is 39.9 Å². The second-order valence-corrected chi connectivity index (χ2v) is 3.04. The van der Waals surface area contributed by atoms with Crippen molar-refractivity contribution in [1.82, 2.24) is 0 Å². The average Bonchev–Trinajstić information content (AvgIpc) is 2.20. The van der Waals surface area contributed by atoms with Gasteiger partial charge in [0.2, 0.25) is 0 Å². The van der Waals surface area contributed by atoms with E-state index in [1.807, 2.05) is 0 Å². The van der Waals surface area contributed by atoms with Gasteiger partial charge in [0.05, 0.1) is 16.9 Å². The van der Waals surface area contributed by atoms with Gasteiger partial charge < -0.3 is 4.74 Å². The first-order chi connectivity index (χ1) is 6.69. The third-order valence-electron chi connectivity index (χ3n) is 1.88. The number of methoxy groups -OCH3 is 1. The molecule has 1 unspecified atom stereocenters. The van der Waals surface area contributed by atoms with Crippen molar-refractivity contribution in [1.29, 1.82) is 0 Å². The van der Waals surface area contributed by atoms with E-state index in [1.165, 1.54) is 19.2 Å². The highest BCUT2D eigenvalue weighted by atomic mass is 35.5. The lowest BCUT2D eigenvalue weighted by molar-refractivity contribution is -0.385. The van der Waals surface area contributed by atoms with Crippen LogP contribution in [0.1, 0.15) is 11.7 Å². The fourth-order valence-electron chi connectivity index (χ4n) is 1.13. The molecule has 1 aromatic rings. The predicted molar refractivity (Wildman–Crippen MR) is 53.6 cm³/mol. The second kappa shape index (κ2) is 4.93. The van der Waals surface area contributed by atoms with Crippen LogP contribution in [0.4, 0.5) is 5.69 Å². The van der Waals surface area contributed by atoms with Crippen molar-refractivity contribution in [3.63, 3.8) is 0 Å². The van der Waals surface area contributed by atoms with Crippen LogP contribution in [-0.4, -0.2) is 17.9 Å². The van der Waals surface area contributed by atoms with Crippen molar-refractivity contribution < 1.29 is 9.66 Å². The minimum absolute atomic E-state index is 0.0506. The number of ether oxygens (including phenoxy) is 1. The van der Waals surface area contributed by atoms with E-state index in [0.717, 1.165) is 5.56 Å². The van der Waals surface area contributed by atoms with E-state index in [-0.39, 0.29) is 17.7 Å². The van der Waals surface area contributed by atoms with E-state index in [0.29, 0.717) is 0 Å². The number of hydrogen-bond acceptors (Lipinski definition) is 3. The number of non-ortho nitro benzene ring substituents is 1. The minimum Gasteiger partial charge on any atom is -0.376 e.